The molecule has 0 fully saturated rings. The molecule has 1 aliphatic rings. The van der Waals surface area contributed by atoms with Gasteiger partial charge in [-0.05, 0) is 97.8 Å². The van der Waals surface area contributed by atoms with Crippen LogP contribution in [0.5, 0.6) is 0 Å². The Balaban J connectivity index is 1.51. The second kappa shape index (κ2) is 9.23. The lowest BCUT2D eigenvalue weighted by Crippen LogP contribution is -2.15. The summed E-state index contributed by atoms with van der Waals surface area (Å²) in [7, 11) is -7.19. The van der Waals surface area contributed by atoms with Crippen LogP contribution in [-0.4, -0.2) is 29.0 Å². The van der Waals surface area contributed by atoms with Gasteiger partial charge in [0.25, 0.3) is 15.9 Å². The van der Waals surface area contributed by atoms with Gasteiger partial charge < -0.3 is 5.32 Å². The van der Waals surface area contributed by atoms with Gasteiger partial charge in [0.05, 0.1) is 9.79 Å². The molecule has 0 heterocycles. The molecule has 4 rings (SSSR count). The number of aryl methyl sites for hydroxylation is 3. The van der Waals surface area contributed by atoms with Gasteiger partial charge in [-0.2, -0.15) is 0 Å². The molecule has 0 spiro atoms. The number of rotatable bonds is 6. The van der Waals surface area contributed by atoms with E-state index in [0.717, 1.165) is 37.5 Å². The molecule has 0 unspecified atom stereocenters. The molecule has 34 heavy (non-hydrogen) atoms. The number of sulfone groups is 1. The van der Waals surface area contributed by atoms with Crippen molar-refractivity contribution < 1.29 is 21.6 Å². The third-order valence-corrected chi connectivity index (χ3v) is 8.37. The summed E-state index contributed by atoms with van der Waals surface area (Å²) in [6, 6.07) is 15.9. The van der Waals surface area contributed by atoms with E-state index in [-0.39, 0.29) is 15.4 Å². The zero-order valence-corrected chi connectivity index (χ0v) is 20.6. The summed E-state index contributed by atoms with van der Waals surface area (Å²) in [5.41, 5.74) is 4.03. The second-order valence-electron chi connectivity index (χ2n) is 8.53. The van der Waals surface area contributed by atoms with Gasteiger partial charge in [0.2, 0.25) is 0 Å². The largest absolute Gasteiger partial charge is 0.322 e. The SMILES string of the molecule is Cc1cc(NS(=O)(=O)c2ccc3c(c2)CCCC3)ccc1NC(=O)c1cccc(S(C)(=O)=O)c1. The number of benzene rings is 3. The molecule has 2 N–H and O–H groups in total. The average molecular weight is 499 g/mol. The Bertz CT molecular complexity index is 1480. The van der Waals surface area contributed by atoms with Crippen LogP contribution in [0, 0.1) is 6.92 Å². The topological polar surface area (TPSA) is 109 Å². The lowest BCUT2D eigenvalue weighted by atomic mass is 9.92. The van der Waals surface area contributed by atoms with Gasteiger partial charge in [-0.25, -0.2) is 16.8 Å². The molecule has 0 saturated heterocycles. The first-order chi connectivity index (χ1) is 16.0. The van der Waals surface area contributed by atoms with Gasteiger partial charge >= 0.3 is 0 Å². The number of hydrogen-bond acceptors (Lipinski definition) is 5. The Morgan fingerprint density at radius 2 is 1.56 bits per heavy atom. The van der Waals surface area contributed by atoms with E-state index < -0.39 is 25.8 Å². The Labute approximate surface area is 200 Å². The Morgan fingerprint density at radius 3 is 2.26 bits per heavy atom. The van der Waals surface area contributed by atoms with Crippen LogP contribution in [0.3, 0.4) is 0 Å². The van der Waals surface area contributed by atoms with E-state index in [1.807, 2.05) is 6.07 Å². The molecule has 9 heteroatoms. The van der Waals surface area contributed by atoms with Crippen molar-refractivity contribution in [3.63, 3.8) is 0 Å². The molecule has 7 nitrogen and oxygen atoms in total. The van der Waals surface area contributed by atoms with Gasteiger partial charge in [0.15, 0.2) is 9.84 Å². The smallest absolute Gasteiger partial charge is 0.261 e. The standard InChI is InChI=1S/C25H26N2O5S2/c1-17-14-21(27-34(31,32)23-12-10-18-6-3-4-7-19(18)15-23)11-13-24(17)26-25(28)20-8-5-9-22(16-20)33(2,29)30/h5,8-16,27H,3-4,6-7H2,1-2H3,(H,26,28). The number of carbonyl (C=O) groups is 1. The zero-order chi connectivity index (χ0) is 24.5. The maximum atomic E-state index is 12.9. The normalized spacial score (nSPS) is 13.7. The lowest BCUT2D eigenvalue weighted by Gasteiger charge is -2.17. The summed E-state index contributed by atoms with van der Waals surface area (Å²) >= 11 is 0. The van der Waals surface area contributed by atoms with Crippen molar-refractivity contribution in [1.29, 1.82) is 0 Å². The highest BCUT2D eigenvalue weighted by molar-refractivity contribution is 7.92. The molecule has 0 saturated carbocycles. The minimum Gasteiger partial charge on any atom is -0.322 e. The zero-order valence-electron chi connectivity index (χ0n) is 19.0. The summed E-state index contributed by atoms with van der Waals surface area (Å²) in [5.74, 6) is -0.462. The second-order valence-corrected chi connectivity index (χ2v) is 12.2. The molecule has 0 bridgehead atoms. The van der Waals surface area contributed by atoms with Gasteiger partial charge in [0, 0.05) is 23.2 Å². The average Bonchev–Trinajstić information content (AvgIpc) is 2.80. The summed E-state index contributed by atoms with van der Waals surface area (Å²) in [6.07, 6.45) is 5.14. The fourth-order valence-corrected chi connectivity index (χ4v) is 5.79. The molecule has 3 aromatic rings. The molecule has 0 radical (unpaired) electrons. The van der Waals surface area contributed by atoms with E-state index in [1.54, 1.807) is 37.3 Å². The van der Waals surface area contributed by atoms with Crippen LogP contribution in [0.2, 0.25) is 0 Å². The maximum absolute atomic E-state index is 12.9. The van der Waals surface area contributed by atoms with Crippen molar-refractivity contribution in [2.45, 2.75) is 42.4 Å². The van der Waals surface area contributed by atoms with Crippen LogP contribution in [-0.2, 0) is 32.7 Å². The molecule has 0 aromatic heterocycles. The van der Waals surface area contributed by atoms with Crippen LogP contribution in [0.15, 0.2) is 70.5 Å². The van der Waals surface area contributed by atoms with E-state index in [1.165, 1.54) is 29.8 Å². The number of amides is 1. The third-order valence-electron chi connectivity index (χ3n) is 5.88. The quantitative estimate of drug-likeness (QED) is 0.526. The molecule has 0 atom stereocenters. The highest BCUT2D eigenvalue weighted by Gasteiger charge is 2.19. The van der Waals surface area contributed by atoms with E-state index in [0.29, 0.717) is 16.9 Å². The van der Waals surface area contributed by atoms with Crippen molar-refractivity contribution in [3.8, 4) is 0 Å². The number of fused-ring (bicyclic) bond motifs is 1. The van der Waals surface area contributed by atoms with E-state index in [9.17, 15) is 21.6 Å². The molecule has 0 aliphatic heterocycles. The van der Waals surface area contributed by atoms with E-state index in [2.05, 4.69) is 10.0 Å². The van der Waals surface area contributed by atoms with Crippen LogP contribution < -0.4 is 10.0 Å². The molecule has 178 valence electrons. The summed E-state index contributed by atoms with van der Waals surface area (Å²) in [5, 5.41) is 2.75. The Hall–Kier alpha value is -3.17. The maximum Gasteiger partial charge on any atom is 0.261 e. The van der Waals surface area contributed by atoms with Crippen molar-refractivity contribution >= 4 is 37.1 Å². The van der Waals surface area contributed by atoms with Gasteiger partial charge in [-0.1, -0.05) is 12.1 Å². The minimum absolute atomic E-state index is 0.0591. The van der Waals surface area contributed by atoms with E-state index >= 15 is 0 Å². The van der Waals surface area contributed by atoms with Crippen LogP contribution in [0.4, 0.5) is 11.4 Å². The fourth-order valence-electron chi connectivity index (χ4n) is 4.02. The van der Waals surface area contributed by atoms with Crippen molar-refractivity contribution in [2.24, 2.45) is 0 Å². The summed E-state index contributed by atoms with van der Waals surface area (Å²) < 4.78 is 52.0. The van der Waals surface area contributed by atoms with Gasteiger partial charge in [-0.3, -0.25) is 9.52 Å². The predicted octanol–water partition coefficient (Wildman–Crippen LogP) is 4.33. The Morgan fingerprint density at radius 1 is 0.824 bits per heavy atom. The van der Waals surface area contributed by atoms with Crippen molar-refractivity contribution in [1.82, 2.24) is 0 Å². The van der Waals surface area contributed by atoms with Crippen molar-refractivity contribution in [3.05, 3.63) is 82.9 Å². The third kappa shape index (κ3) is 5.31. The predicted molar refractivity (Wildman–Crippen MR) is 133 cm³/mol. The number of sulfonamides is 1. The van der Waals surface area contributed by atoms with Crippen LogP contribution in [0.1, 0.15) is 39.9 Å². The van der Waals surface area contributed by atoms with Crippen LogP contribution >= 0.6 is 0 Å². The lowest BCUT2D eigenvalue weighted by molar-refractivity contribution is 0.102. The monoisotopic (exact) mass is 498 g/mol. The first-order valence-corrected chi connectivity index (χ1v) is 14.3. The number of carbonyl (C=O) groups excluding carboxylic acids is 1. The minimum atomic E-state index is -3.76. The number of anilines is 2. The van der Waals surface area contributed by atoms with Crippen LogP contribution in [0.25, 0.3) is 0 Å². The van der Waals surface area contributed by atoms with Crippen molar-refractivity contribution in [2.75, 3.05) is 16.3 Å². The summed E-state index contributed by atoms with van der Waals surface area (Å²) in [4.78, 5) is 12.9. The molecule has 1 amide bonds. The first kappa shape index (κ1) is 24.0. The highest BCUT2D eigenvalue weighted by atomic mass is 32.2. The molecule has 1 aliphatic carbocycles. The van der Waals surface area contributed by atoms with Gasteiger partial charge in [0.1, 0.15) is 0 Å². The number of hydrogen-bond donors (Lipinski definition) is 2. The summed E-state index contributed by atoms with van der Waals surface area (Å²) in [6.45, 7) is 1.75. The molecular formula is C25H26N2O5S2. The number of nitrogens with one attached hydrogen (secondary N) is 2. The first-order valence-electron chi connectivity index (χ1n) is 10.9. The Kier molecular flexibility index (Phi) is 6.51. The highest BCUT2D eigenvalue weighted by Crippen LogP contribution is 2.27. The van der Waals surface area contributed by atoms with Gasteiger partial charge in [-0.15, -0.1) is 0 Å². The molecular weight excluding hydrogens is 472 g/mol. The fraction of sp³-hybridized carbons (Fsp3) is 0.240. The van der Waals surface area contributed by atoms with E-state index in [4.69, 9.17) is 0 Å². The molecule has 3 aromatic carbocycles.